The van der Waals surface area contributed by atoms with Gasteiger partial charge < -0.3 is 65.6 Å². The summed E-state index contributed by atoms with van der Waals surface area (Å²) in [5, 5.41) is 17.0. The molecular weight excluding hydrogens is 985 g/mol. The predicted octanol–water partition coefficient (Wildman–Crippen LogP) is -0.416. The van der Waals surface area contributed by atoms with Crippen LogP contribution in [-0.2, 0) is 56.0 Å². The molecule has 4 rings (SSSR count). The van der Waals surface area contributed by atoms with Crippen LogP contribution in [0.4, 0.5) is 0 Å². The molecule has 23 nitrogen and oxygen atoms in total. The minimum atomic E-state index is -1.57. The molecule has 0 saturated carbocycles. The quantitative estimate of drug-likeness (QED) is 0.0413. The van der Waals surface area contributed by atoms with Gasteiger partial charge in [-0.05, 0) is 93.4 Å². The molecular formula is C51H74N14O9S. The zero-order valence-electron chi connectivity index (χ0n) is 42.7. The first-order valence-corrected chi connectivity index (χ1v) is 26.5. The second kappa shape index (κ2) is 31.3. The summed E-state index contributed by atoms with van der Waals surface area (Å²) in [5.41, 5.74) is 30.2. The molecule has 1 fully saturated rings. The summed E-state index contributed by atoms with van der Waals surface area (Å²) in [4.78, 5) is 136. The van der Waals surface area contributed by atoms with Crippen LogP contribution in [0.25, 0.3) is 10.9 Å². The second-order valence-corrected chi connectivity index (χ2v) is 19.6. The van der Waals surface area contributed by atoms with Crippen molar-refractivity contribution in [2.45, 2.75) is 121 Å². The van der Waals surface area contributed by atoms with Crippen LogP contribution in [0.3, 0.4) is 0 Å². The number of hydrogen-bond acceptors (Lipinski definition) is 12. The number of nitrogens with two attached hydrogens (primary N) is 5. The average molecular weight is 1060 g/mol. The molecule has 1 aliphatic rings. The number of amides is 7. The number of carbonyl (C=O) groups excluding carboxylic acids is 9. The molecule has 408 valence electrons. The molecule has 7 atom stereocenters. The number of benzene rings is 2. The molecule has 7 amide bonds. The number of carbonyl (C=O) groups is 9. The Morgan fingerprint density at radius 1 is 0.733 bits per heavy atom. The number of primary amides is 1. The summed E-state index contributed by atoms with van der Waals surface area (Å²) in [5.74, 6) is -7.99. The van der Waals surface area contributed by atoms with Gasteiger partial charge in [0.2, 0.25) is 41.4 Å². The lowest BCUT2D eigenvalue weighted by Crippen LogP contribution is -2.58. The van der Waals surface area contributed by atoms with Gasteiger partial charge in [-0.2, -0.15) is 11.8 Å². The van der Waals surface area contributed by atoms with Crippen molar-refractivity contribution >= 4 is 87.5 Å². The number of H-pyrrole nitrogens is 1. The first kappa shape index (κ1) is 60.1. The smallest absolute Gasteiger partial charge is 0.243 e. The molecule has 0 aliphatic carbocycles. The normalized spacial score (nSPS) is 21.3. The van der Waals surface area contributed by atoms with Crippen LogP contribution < -0.4 is 60.6 Å². The summed E-state index contributed by atoms with van der Waals surface area (Å²) in [6.07, 6.45) is 3.78. The molecule has 3 aromatic rings. The highest BCUT2D eigenvalue weighted by molar-refractivity contribution is 7.98. The molecule has 1 aromatic heterocycles. The third-order valence-electron chi connectivity index (χ3n) is 12.7. The molecule has 2 aromatic carbocycles. The van der Waals surface area contributed by atoms with E-state index in [1.54, 1.807) is 42.8 Å². The Bertz CT molecular complexity index is 2500. The maximum atomic E-state index is 14.8. The number of thioether (sulfide) groups is 1. The van der Waals surface area contributed by atoms with Gasteiger partial charge in [-0.25, -0.2) is 0 Å². The maximum absolute atomic E-state index is 14.8. The van der Waals surface area contributed by atoms with Crippen molar-refractivity contribution < 1.29 is 43.2 Å². The second-order valence-electron chi connectivity index (χ2n) is 18.6. The van der Waals surface area contributed by atoms with E-state index < -0.39 is 101 Å². The molecule has 0 spiro atoms. The zero-order chi connectivity index (χ0) is 54.9. The van der Waals surface area contributed by atoms with E-state index in [9.17, 15) is 43.2 Å². The van der Waals surface area contributed by atoms with E-state index in [1.165, 1.54) is 18.7 Å². The monoisotopic (exact) mass is 1060 g/mol. The number of nitrogens with zero attached hydrogens (tertiary/aromatic N) is 2. The Morgan fingerprint density at radius 2 is 1.40 bits per heavy atom. The number of aromatic amines is 1. The van der Waals surface area contributed by atoms with Crippen LogP contribution in [-0.4, -0.2) is 132 Å². The Morgan fingerprint density at radius 3 is 2.08 bits per heavy atom. The molecule has 75 heavy (non-hydrogen) atoms. The van der Waals surface area contributed by atoms with Gasteiger partial charge in [0.1, 0.15) is 30.0 Å². The van der Waals surface area contributed by atoms with E-state index in [0.717, 1.165) is 16.5 Å². The first-order chi connectivity index (χ1) is 35.8. The summed E-state index contributed by atoms with van der Waals surface area (Å²) in [7, 11) is 0. The van der Waals surface area contributed by atoms with Gasteiger partial charge in [0.15, 0.2) is 17.7 Å². The number of nitrogens with one attached hydrogen (secondary N) is 7. The van der Waals surface area contributed by atoms with Crippen molar-refractivity contribution in [2.24, 2.45) is 50.5 Å². The summed E-state index contributed by atoms with van der Waals surface area (Å²) in [6, 6.07) is 9.91. The highest BCUT2D eigenvalue weighted by Crippen LogP contribution is 2.26. The Labute approximate surface area is 440 Å². The van der Waals surface area contributed by atoms with E-state index in [4.69, 9.17) is 28.7 Å². The van der Waals surface area contributed by atoms with Crippen molar-refractivity contribution in [1.29, 1.82) is 0 Å². The molecule has 0 unspecified atom stereocenters. The van der Waals surface area contributed by atoms with Gasteiger partial charge in [0.05, 0.1) is 12.5 Å². The lowest BCUT2D eigenvalue weighted by Gasteiger charge is -2.27. The number of guanidine groups is 2. The lowest BCUT2D eigenvalue weighted by molar-refractivity contribution is -0.136. The maximum Gasteiger partial charge on any atom is 0.243 e. The number of aromatic nitrogens is 1. The molecule has 0 bridgehead atoms. The van der Waals surface area contributed by atoms with Gasteiger partial charge in [-0.1, -0.05) is 48.5 Å². The van der Waals surface area contributed by atoms with E-state index in [0.29, 0.717) is 17.7 Å². The van der Waals surface area contributed by atoms with E-state index in [1.807, 2.05) is 24.3 Å². The summed E-state index contributed by atoms with van der Waals surface area (Å²) in [6.45, 7) is 1.53. The minimum absolute atomic E-state index is 0.00378. The van der Waals surface area contributed by atoms with E-state index >= 15 is 0 Å². The SMILES string of the molecule is CSCC[C@@H]1NC(=O)[C@@H](NC(=O)[C@H](CCCN=C(N)N)NC(C)=O)CC(=O)NCCCC[C@@H](C(N)=O)NC(=O)[C@H](Cc2c[nH]c3ccccc23)CC(=O)[C@H](CCCN=C(N)N)CC(=O)[C@@H](Cc2ccccc2)NC1=O. The Kier molecular flexibility index (Phi) is 25.0. The standard InChI is InChI=1S/C51H74N14O9S/c1-30(66)61-38(18-11-22-59-51(55)56)47(72)65-41-28-44(69)57-20-9-8-17-37(45(52)70)62-46(71)33(25-34-29-60-36-16-7-6-15-35(34)36)27-42(67)32(14-10-21-58-50(53)54)26-43(68)40(24-31-12-4-3-5-13-31)64-48(73)39(19-23-75-2)63-49(41)74/h3-7,12-13,15-16,29,32-33,37-41,60H,8-11,14,17-28H2,1-2H3,(H2,52,70)(H,57,69)(H,61,66)(H,62,71)(H,63,74)(H,64,73)(H,65,72)(H4,53,54,58)(H4,55,56,59)/t32-,33-,37+,38+,39+,40-,41+/m1/s1. The minimum Gasteiger partial charge on any atom is -0.370 e. The van der Waals surface area contributed by atoms with Crippen molar-refractivity contribution in [1.82, 2.24) is 36.9 Å². The summed E-state index contributed by atoms with van der Waals surface area (Å²) < 4.78 is 0. The topological polar surface area (TPSA) is 396 Å². The Balaban J connectivity index is 1.77. The predicted molar refractivity (Wildman–Crippen MR) is 287 cm³/mol. The first-order valence-electron chi connectivity index (χ1n) is 25.1. The molecule has 17 N–H and O–H groups in total. The fourth-order valence-electron chi connectivity index (χ4n) is 8.72. The number of ketones is 2. The fourth-order valence-corrected chi connectivity index (χ4v) is 9.19. The largest absolute Gasteiger partial charge is 0.370 e. The van der Waals surface area contributed by atoms with Crippen LogP contribution in [0, 0.1) is 11.8 Å². The van der Waals surface area contributed by atoms with Gasteiger partial charge in [0.25, 0.3) is 0 Å². The van der Waals surface area contributed by atoms with E-state index in [-0.39, 0.29) is 102 Å². The molecule has 1 aliphatic heterocycles. The number of aliphatic imine (C=N–C) groups is 2. The molecule has 24 heteroatoms. The van der Waals surface area contributed by atoms with Crippen molar-refractivity contribution in [3.8, 4) is 0 Å². The molecule has 2 heterocycles. The Hall–Kier alpha value is -7.50. The van der Waals surface area contributed by atoms with Gasteiger partial charge >= 0.3 is 0 Å². The van der Waals surface area contributed by atoms with Crippen LogP contribution >= 0.6 is 11.8 Å². The number of fused-ring (bicyclic) bond motifs is 1. The van der Waals surface area contributed by atoms with Crippen LogP contribution in [0.15, 0.2) is 70.8 Å². The summed E-state index contributed by atoms with van der Waals surface area (Å²) >= 11 is 1.39. The van der Waals surface area contributed by atoms with Crippen LogP contribution in [0.5, 0.6) is 0 Å². The highest BCUT2D eigenvalue weighted by atomic mass is 32.2. The average Bonchev–Trinajstić information content (AvgIpc) is 3.77. The van der Waals surface area contributed by atoms with Crippen LogP contribution in [0.1, 0.15) is 88.7 Å². The van der Waals surface area contributed by atoms with E-state index in [2.05, 4.69) is 46.9 Å². The fraction of sp³-hybridized carbons (Fsp3) is 0.510. The molecule has 1 saturated heterocycles. The van der Waals surface area contributed by atoms with Crippen LogP contribution in [0.2, 0.25) is 0 Å². The lowest BCUT2D eigenvalue weighted by atomic mass is 9.83. The van der Waals surface area contributed by atoms with Crippen molar-refractivity contribution in [3.05, 3.63) is 71.9 Å². The molecule has 0 radical (unpaired) electrons. The van der Waals surface area contributed by atoms with Crippen molar-refractivity contribution in [3.63, 3.8) is 0 Å². The van der Waals surface area contributed by atoms with Gasteiger partial charge in [-0.3, -0.25) is 53.1 Å². The van der Waals surface area contributed by atoms with Crippen molar-refractivity contribution in [2.75, 3.05) is 31.6 Å². The van der Waals surface area contributed by atoms with Gasteiger partial charge in [-0.15, -0.1) is 0 Å². The highest BCUT2D eigenvalue weighted by Gasteiger charge is 2.35. The number of hydrogen-bond donors (Lipinski definition) is 12. The third-order valence-corrected chi connectivity index (χ3v) is 13.3. The zero-order valence-corrected chi connectivity index (χ0v) is 43.5. The third kappa shape index (κ3) is 21.1. The number of rotatable bonds is 19. The number of para-hydroxylation sites is 1. The van der Waals surface area contributed by atoms with Gasteiger partial charge in [0, 0.05) is 68.3 Å². The number of Topliss-reactive ketones (excluding diaryl/α,β-unsaturated/α-hetero) is 2.